The van der Waals surface area contributed by atoms with Crippen LogP contribution in [-0.4, -0.2) is 65.3 Å². The van der Waals surface area contributed by atoms with Crippen molar-refractivity contribution in [3.8, 4) is 5.75 Å². The van der Waals surface area contributed by atoms with Gasteiger partial charge in [0, 0.05) is 42.6 Å². The fourth-order valence-corrected chi connectivity index (χ4v) is 4.14. The molecule has 0 saturated carbocycles. The molecular formula is C29H37N3O6. The van der Waals surface area contributed by atoms with Gasteiger partial charge >= 0.3 is 5.97 Å². The third-order valence-electron chi connectivity index (χ3n) is 5.89. The first kappa shape index (κ1) is 18.8. The smallest absolute Gasteiger partial charge is 0.329 e. The second-order valence-electron chi connectivity index (χ2n) is 9.99. The minimum Gasteiger partial charge on any atom is -0.489 e. The Morgan fingerprint density at radius 1 is 1.11 bits per heavy atom. The number of carbonyl (C=O) groups is 3. The molecule has 9 heteroatoms. The average Bonchev–Trinajstić information content (AvgIpc) is 3.25. The molecule has 0 spiro atoms. The summed E-state index contributed by atoms with van der Waals surface area (Å²) in [5, 5.41) is 0. The second-order valence-corrected chi connectivity index (χ2v) is 9.99. The van der Waals surface area contributed by atoms with Gasteiger partial charge in [-0.05, 0) is 50.5 Å². The molecule has 4 rings (SSSR count). The summed E-state index contributed by atoms with van der Waals surface area (Å²) in [5.74, 6) is -1.28. The van der Waals surface area contributed by atoms with Crippen LogP contribution in [0.4, 0.5) is 0 Å². The number of morpholine rings is 1. The fraction of sp³-hybridized carbons (Fsp3) is 0.483. The van der Waals surface area contributed by atoms with Crippen molar-refractivity contribution in [3.05, 3.63) is 64.7 Å². The maximum absolute atomic E-state index is 13.4. The van der Waals surface area contributed by atoms with Crippen molar-refractivity contribution >= 4 is 17.8 Å². The maximum atomic E-state index is 13.4. The van der Waals surface area contributed by atoms with E-state index in [2.05, 4.69) is 4.74 Å². The Hall–Kier alpha value is -3.43. The number of ether oxygens (including phenoxy) is 3. The van der Waals surface area contributed by atoms with Gasteiger partial charge in [0.2, 0.25) is 5.91 Å². The number of esters is 1. The first-order valence-electron chi connectivity index (χ1n) is 16.2. The molecule has 2 heterocycles. The Balaban J connectivity index is 1.49. The Labute approximate surface area is 235 Å². The van der Waals surface area contributed by atoms with Gasteiger partial charge in [0.15, 0.2) is 0 Å². The van der Waals surface area contributed by atoms with E-state index >= 15 is 0 Å². The van der Waals surface area contributed by atoms with Gasteiger partial charge in [-0.3, -0.25) is 14.5 Å². The van der Waals surface area contributed by atoms with Gasteiger partial charge < -0.3 is 24.8 Å². The Bertz CT molecular complexity index is 1470. The van der Waals surface area contributed by atoms with Gasteiger partial charge in [-0.15, -0.1) is 0 Å². The largest absolute Gasteiger partial charge is 0.489 e. The van der Waals surface area contributed by atoms with Crippen molar-refractivity contribution < 1.29 is 39.6 Å². The molecule has 2 aromatic carbocycles. The van der Waals surface area contributed by atoms with Crippen molar-refractivity contribution in [2.24, 2.45) is 5.73 Å². The summed E-state index contributed by atoms with van der Waals surface area (Å²) in [6.45, 7) is -7.51. The van der Waals surface area contributed by atoms with Gasteiger partial charge in [0.25, 0.3) is 5.91 Å². The van der Waals surface area contributed by atoms with E-state index in [4.69, 9.17) is 26.2 Å². The molecule has 1 atom stereocenters. The topological polar surface area (TPSA) is 111 Å². The van der Waals surface area contributed by atoms with Crippen molar-refractivity contribution in [3.63, 3.8) is 0 Å². The normalized spacial score (nSPS) is 25.1. The van der Waals surface area contributed by atoms with Crippen molar-refractivity contribution in [2.45, 2.75) is 65.0 Å². The SMILES string of the molecule is [2H]C1([2H])OC([2H])([2H])C([2H])([2H])N(Cc2ccc(COc3cccc4c3CN(C(CCC(N)=O)C(=O)OC(C)(C)C)C4=O)cc2)C1([2H])[2H]. The molecule has 204 valence electrons. The standard InChI is InChI=1S/C29H37N3O6/c1-29(2,3)38-28(35)24(11-12-26(30)33)32-18-23-22(27(32)34)5-4-6-25(23)37-19-21-9-7-20(8-10-21)17-31-13-15-36-16-14-31/h4-10,24H,11-19H2,1-3H3,(H2,30,33)/i13D2,14D2,15D2,16D2. The number of carbonyl (C=O) groups excluding carboxylic acids is 3. The van der Waals surface area contributed by atoms with E-state index in [0.29, 0.717) is 32.9 Å². The minimum atomic E-state index is -3.13. The molecule has 38 heavy (non-hydrogen) atoms. The number of hydrogen-bond donors (Lipinski definition) is 1. The molecule has 2 aromatic rings. The molecule has 2 N–H and O–H groups in total. The lowest BCUT2D eigenvalue weighted by molar-refractivity contribution is -0.160. The molecule has 2 aliphatic rings. The van der Waals surface area contributed by atoms with Crippen LogP contribution >= 0.6 is 0 Å². The summed E-state index contributed by atoms with van der Waals surface area (Å²) >= 11 is 0. The van der Waals surface area contributed by atoms with E-state index in [1.807, 2.05) is 0 Å². The van der Waals surface area contributed by atoms with Gasteiger partial charge in [-0.25, -0.2) is 4.79 Å². The number of nitrogens with zero attached hydrogens (tertiary/aromatic N) is 2. The zero-order valence-corrected chi connectivity index (χ0v) is 21.6. The molecule has 0 aliphatic carbocycles. The fourth-order valence-electron chi connectivity index (χ4n) is 4.14. The van der Waals surface area contributed by atoms with E-state index in [0.717, 1.165) is 0 Å². The van der Waals surface area contributed by atoms with Crippen LogP contribution in [-0.2, 0) is 38.8 Å². The van der Waals surface area contributed by atoms with Crippen molar-refractivity contribution in [2.75, 3.05) is 26.1 Å². The predicted molar refractivity (Wildman–Crippen MR) is 141 cm³/mol. The van der Waals surface area contributed by atoms with Gasteiger partial charge in [0.1, 0.15) is 24.0 Å². The van der Waals surface area contributed by atoms with Crippen molar-refractivity contribution in [1.29, 1.82) is 0 Å². The highest BCUT2D eigenvalue weighted by molar-refractivity contribution is 6.01. The summed E-state index contributed by atoms with van der Waals surface area (Å²) in [6.07, 6.45) is -0.126. The zero-order chi connectivity index (χ0) is 34.5. The highest BCUT2D eigenvalue weighted by Gasteiger charge is 2.39. The van der Waals surface area contributed by atoms with Gasteiger partial charge in [-0.1, -0.05) is 30.3 Å². The van der Waals surface area contributed by atoms with Crippen molar-refractivity contribution in [1.82, 2.24) is 9.80 Å². The van der Waals surface area contributed by atoms with Crippen LogP contribution in [0.15, 0.2) is 42.5 Å². The van der Waals surface area contributed by atoms with Crippen LogP contribution in [0, 0.1) is 0 Å². The molecule has 0 aromatic heterocycles. The number of amides is 2. The summed E-state index contributed by atoms with van der Waals surface area (Å²) in [7, 11) is 0. The molecule has 2 aliphatic heterocycles. The Morgan fingerprint density at radius 3 is 2.45 bits per heavy atom. The highest BCUT2D eigenvalue weighted by Crippen LogP contribution is 2.34. The first-order valence-corrected chi connectivity index (χ1v) is 12.2. The van der Waals surface area contributed by atoms with E-state index in [1.165, 1.54) is 4.90 Å². The summed E-state index contributed by atoms with van der Waals surface area (Å²) in [4.78, 5) is 39.8. The van der Waals surface area contributed by atoms with Crippen LogP contribution in [0.5, 0.6) is 5.75 Å². The maximum Gasteiger partial charge on any atom is 0.329 e. The van der Waals surface area contributed by atoms with E-state index in [-0.39, 0.29) is 26.0 Å². The molecule has 1 saturated heterocycles. The monoisotopic (exact) mass is 531 g/mol. The highest BCUT2D eigenvalue weighted by atomic mass is 16.6. The molecule has 0 radical (unpaired) electrons. The number of benzene rings is 2. The first-order chi connectivity index (χ1) is 21.1. The number of fused-ring (bicyclic) bond motifs is 1. The lowest BCUT2D eigenvalue weighted by atomic mass is 10.1. The summed E-state index contributed by atoms with van der Waals surface area (Å²) in [6, 6.07) is 10.3. The Kier molecular flexibility index (Phi) is 5.90. The number of nitrogens with two attached hydrogens (primary N) is 1. The van der Waals surface area contributed by atoms with E-state index in [9.17, 15) is 14.4 Å². The van der Waals surface area contributed by atoms with E-state index in [1.54, 1.807) is 63.2 Å². The minimum absolute atomic E-state index is 0.00474. The molecule has 1 fully saturated rings. The third-order valence-corrected chi connectivity index (χ3v) is 5.89. The van der Waals surface area contributed by atoms with E-state index < -0.39 is 62.1 Å². The van der Waals surface area contributed by atoms with Crippen LogP contribution in [0.2, 0.25) is 0 Å². The number of hydrogen-bond acceptors (Lipinski definition) is 7. The Morgan fingerprint density at radius 2 is 1.79 bits per heavy atom. The van der Waals surface area contributed by atoms with Crippen LogP contribution in [0.1, 0.15) is 71.6 Å². The summed E-state index contributed by atoms with van der Waals surface area (Å²) in [5.41, 5.74) is 6.44. The average molecular weight is 532 g/mol. The van der Waals surface area contributed by atoms with Crippen LogP contribution in [0.25, 0.3) is 0 Å². The lowest BCUT2D eigenvalue weighted by Crippen LogP contribution is -2.45. The molecular weight excluding hydrogens is 486 g/mol. The quantitative estimate of drug-likeness (QED) is 0.469. The number of rotatable bonds is 10. The molecule has 1 unspecified atom stereocenters. The molecule has 2 amide bonds. The third kappa shape index (κ3) is 7.11. The second kappa shape index (κ2) is 12.0. The van der Waals surface area contributed by atoms with Crippen LogP contribution < -0.4 is 10.5 Å². The van der Waals surface area contributed by atoms with Gasteiger partial charge in [-0.2, -0.15) is 0 Å². The predicted octanol–water partition coefficient (Wildman–Crippen LogP) is 3.03. The van der Waals surface area contributed by atoms with Gasteiger partial charge in [0.05, 0.1) is 25.1 Å². The molecule has 9 nitrogen and oxygen atoms in total. The lowest BCUT2D eigenvalue weighted by Gasteiger charge is -2.29. The zero-order valence-electron chi connectivity index (χ0n) is 29.6. The molecule has 0 bridgehead atoms. The number of primary amides is 1. The van der Waals surface area contributed by atoms with Crippen LogP contribution in [0.3, 0.4) is 0 Å². The summed E-state index contributed by atoms with van der Waals surface area (Å²) < 4.78 is 80.3.